The molecule has 3 N–H and O–H groups in total. The Bertz CT molecular complexity index is 649. The van der Waals surface area contributed by atoms with Gasteiger partial charge in [0.15, 0.2) is 6.10 Å². The number of aromatic nitrogens is 2. The smallest absolute Gasteiger partial charge is 0.334 e. The van der Waals surface area contributed by atoms with E-state index in [9.17, 15) is 9.59 Å². The van der Waals surface area contributed by atoms with Crippen molar-refractivity contribution in [1.29, 1.82) is 0 Å². The third kappa shape index (κ3) is 3.67. The molecule has 8 heteroatoms. The summed E-state index contributed by atoms with van der Waals surface area (Å²) >= 11 is 1.53. The summed E-state index contributed by atoms with van der Waals surface area (Å²) in [5.41, 5.74) is 1.95. The topological polar surface area (TPSA) is 104 Å². The fourth-order valence-corrected chi connectivity index (χ4v) is 2.34. The number of carbonyl (C=O) groups excluding carboxylic acids is 1. The van der Waals surface area contributed by atoms with Crippen LogP contribution in [0.25, 0.3) is 11.3 Å². The van der Waals surface area contributed by atoms with E-state index in [0.29, 0.717) is 5.69 Å². The third-order valence-corrected chi connectivity index (χ3v) is 3.62. The summed E-state index contributed by atoms with van der Waals surface area (Å²) in [6.07, 6.45) is 0.624. The highest BCUT2D eigenvalue weighted by molar-refractivity contribution is 7.09. The molecule has 1 amide bonds. The number of carbonyl (C=O) groups is 2. The van der Waals surface area contributed by atoms with Gasteiger partial charge < -0.3 is 20.1 Å². The van der Waals surface area contributed by atoms with Gasteiger partial charge in [-0.3, -0.25) is 4.79 Å². The highest BCUT2D eigenvalue weighted by Crippen LogP contribution is 2.22. The Labute approximate surface area is 125 Å². The van der Waals surface area contributed by atoms with Gasteiger partial charge in [-0.15, -0.1) is 11.3 Å². The standard InChI is InChI=1S/C13H15N3O4S/c1-7-16-10(6-21-7)8-3-9(14-4-8)12(17)15-5-11(20-2)13(18)19/h3-4,6,11,14H,5H2,1-2H3,(H,15,17)(H,18,19). The third-order valence-electron chi connectivity index (χ3n) is 2.85. The predicted octanol–water partition coefficient (Wildman–Crippen LogP) is 1.28. The summed E-state index contributed by atoms with van der Waals surface area (Å²) in [6.45, 7) is 1.81. The van der Waals surface area contributed by atoms with Crippen LogP contribution in [0.5, 0.6) is 0 Å². The van der Waals surface area contributed by atoms with Gasteiger partial charge in [-0.05, 0) is 13.0 Å². The Hall–Kier alpha value is -2.19. The number of amides is 1. The van der Waals surface area contributed by atoms with E-state index in [1.807, 2.05) is 12.3 Å². The average Bonchev–Trinajstić information content (AvgIpc) is 3.07. The van der Waals surface area contributed by atoms with E-state index < -0.39 is 18.0 Å². The lowest BCUT2D eigenvalue weighted by atomic mass is 10.2. The molecular weight excluding hydrogens is 294 g/mol. The SMILES string of the molecule is COC(CNC(=O)c1cc(-c2csc(C)n2)c[nH]1)C(=O)O. The second-order valence-corrected chi connectivity index (χ2v) is 5.39. The lowest BCUT2D eigenvalue weighted by Gasteiger charge is -2.10. The fraction of sp³-hybridized carbons (Fsp3) is 0.308. The minimum atomic E-state index is -1.12. The van der Waals surface area contributed by atoms with Crippen molar-refractivity contribution in [2.75, 3.05) is 13.7 Å². The van der Waals surface area contributed by atoms with E-state index in [1.54, 1.807) is 12.3 Å². The summed E-state index contributed by atoms with van der Waals surface area (Å²) < 4.78 is 4.74. The van der Waals surface area contributed by atoms with Crippen molar-refractivity contribution in [3.8, 4) is 11.3 Å². The zero-order chi connectivity index (χ0) is 15.4. The summed E-state index contributed by atoms with van der Waals surface area (Å²) in [6, 6.07) is 1.67. The molecule has 7 nitrogen and oxygen atoms in total. The van der Waals surface area contributed by atoms with Gasteiger partial charge >= 0.3 is 5.97 Å². The molecule has 2 rings (SSSR count). The Balaban J connectivity index is 2.01. The van der Waals surface area contributed by atoms with E-state index in [0.717, 1.165) is 16.3 Å². The van der Waals surface area contributed by atoms with Crippen LogP contribution in [0.1, 0.15) is 15.5 Å². The number of nitrogens with one attached hydrogen (secondary N) is 2. The largest absolute Gasteiger partial charge is 0.479 e. The molecule has 2 heterocycles. The van der Waals surface area contributed by atoms with Crippen molar-refractivity contribution in [2.45, 2.75) is 13.0 Å². The van der Waals surface area contributed by atoms with Gasteiger partial charge in [-0.2, -0.15) is 0 Å². The van der Waals surface area contributed by atoms with Crippen molar-refractivity contribution in [1.82, 2.24) is 15.3 Å². The number of aromatic amines is 1. The molecule has 1 atom stereocenters. The van der Waals surface area contributed by atoms with Crippen molar-refractivity contribution in [3.05, 3.63) is 28.3 Å². The molecule has 2 aromatic rings. The molecule has 2 aromatic heterocycles. The maximum atomic E-state index is 11.9. The van der Waals surface area contributed by atoms with Gasteiger partial charge in [0, 0.05) is 24.3 Å². The molecule has 0 aliphatic heterocycles. The van der Waals surface area contributed by atoms with E-state index in [1.165, 1.54) is 18.4 Å². The molecule has 0 spiro atoms. The van der Waals surface area contributed by atoms with Crippen LogP contribution in [0, 0.1) is 6.92 Å². The molecular formula is C13H15N3O4S. The number of carboxylic acid groups (broad SMARTS) is 1. The van der Waals surface area contributed by atoms with Gasteiger partial charge in [0.1, 0.15) is 5.69 Å². The van der Waals surface area contributed by atoms with Gasteiger partial charge in [0.2, 0.25) is 0 Å². The Morgan fingerprint density at radius 2 is 2.33 bits per heavy atom. The molecule has 21 heavy (non-hydrogen) atoms. The molecule has 0 fully saturated rings. The first-order chi connectivity index (χ1) is 10.0. The highest BCUT2D eigenvalue weighted by atomic mass is 32.1. The number of thiazole rings is 1. The molecule has 0 aliphatic carbocycles. The van der Waals surface area contributed by atoms with Crippen LogP contribution in [-0.2, 0) is 9.53 Å². The van der Waals surface area contributed by atoms with Gasteiger partial charge in [-0.1, -0.05) is 0 Å². The number of aryl methyl sites for hydroxylation is 1. The Kier molecular flexibility index (Phi) is 4.71. The van der Waals surface area contributed by atoms with E-state index in [4.69, 9.17) is 9.84 Å². The number of nitrogens with zero attached hydrogens (tertiary/aromatic N) is 1. The van der Waals surface area contributed by atoms with E-state index in [-0.39, 0.29) is 6.54 Å². The molecule has 0 bridgehead atoms. The van der Waals surface area contributed by atoms with Crippen molar-refractivity contribution in [2.24, 2.45) is 0 Å². The number of hydrogen-bond acceptors (Lipinski definition) is 5. The summed E-state index contributed by atoms with van der Waals surface area (Å²) in [4.78, 5) is 29.9. The number of H-pyrrole nitrogens is 1. The number of aliphatic carboxylic acids is 1. The molecule has 1 unspecified atom stereocenters. The molecule has 0 saturated heterocycles. The average molecular weight is 309 g/mol. The maximum Gasteiger partial charge on any atom is 0.334 e. The molecule has 0 saturated carbocycles. The minimum Gasteiger partial charge on any atom is -0.479 e. The highest BCUT2D eigenvalue weighted by Gasteiger charge is 2.18. The first-order valence-electron chi connectivity index (χ1n) is 6.16. The summed E-state index contributed by atoms with van der Waals surface area (Å²) in [5, 5.41) is 14.2. The quantitative estimate of drug-likeness (QED) is 0.745. The number of hydrogen-bond donors (Lipinski definition) is 3. The van der Waals surface area contributed by atoms with Gasteiger partial charge in [0.05, 0.1) is 17.2 Å². The van der Waals surface area contributed by atoms with E-state index in [2.05, 4.69) is 15.3 Å². The van der Waals surface area contributed by atoms with Crippen LogP contribution in [0.15, 0.2) is 17.6 Å². The van der Waals surface area contributed by atoms with Gasteiger partial charge in [0.25, 0.3) is 5.91 Å². The lowest BCUT2D eigenvalue weighted by Crippen LogP contribution is -2.37. The predicted molar refractivity (Wildman–Crippen MR) is 77.4 cm³/mol. The second kappa shape index (κ2) is 6.51. The van der Waals surface area contributed by atoms with Crippen LogP contribution in [-0.4, -0.2) is 46.7 Å². The zero-order valence-corrected chi connectivity index (χ0v) is 12.4. The van der Waals surface area contributed by atoms with Crippen LogP contribution in [0.4, 0.5) is 0 Å². The van der Waals surface area contributed by atoms with Crippen LogP contribution >= 0.6 is 11.3 Å². The van der Waals surface area contributed by atoms with Crippen LogP contribution in [0.2, 0.25) is 0 Å². The van der Waals surface area contributed by atoms with Crippen LogP contribution in [0.3, 0.4) is 0 Å². The normalized spacial score (nSPS) is 12.1. The molecule has 112 valence electrons. The van der Waals surface area contributed by atoms with Crippen LogP contribution < -0.4 is 5.32 Å². The van der Waals surface area contributed by atoms with Gasteiger partial charge in [-0.25, -0.2) is 9.78 Å². The van der Waals surface area contributed by atoms with Crippen molar-refractivity contribution < 1.29 is 19.4 Å². The molecule has 0 radical (unpaired) electrons. The number of rotatable bonds is 6. The van der Waals surface area contributed by atoms with Crippen molar-refractivity contribution in [3.63, 3.8) is 0 Å². The summed E-state index contributed by atoms with van der Waals surface area (Å²) in [7, 11) is 1.28. The first kappa shape index (κ1) is 15.2. The number of ether oxygens (including phenoxy) is 1. The monoisotopic (exact) mass is 309 g/mol. The fourth-order valence-electron chi connectivity index (χ4n) is 1.72. The Morgan fingerprint density at radius 1 is 1.57 bits per heavy atom. The summed E-state index contributed by atoms with van der Waals surface area (Å²) in [5.74, 6) is -1.51. The molecule has 0 aromatic carbocycles. The maximum absolute atomic E-state index is 11.9. The Morgan fingerprint density at radius 3 is 2.90 bits per heavy atom. The number of carboxylic acids is 1. The second-order valence-electron chi connectivity index (χ2n) is 4.33. The zero-order valence-electron chi connectivity index (χ0n) is 11.5. The molecule has 0 aliphatic rings. The number of methoxy groups -OCH3 is 1. The minimum absolute atomic E-state index is 0.102. The first-order valence-corrected chi connectivity index (χ1v) is 7.04. The van der Waals surface area contributed by atoms with Crippen molar-refractivity contribution >= 4 is 23.2 Å². The lowest BCUT2D eigenvalue weighted by molar-refractivity contribution is -0.148. The van der Waals surface area contributed by atoms with E-state index >= 15 is 0 Å².